The molecule has 5 rings (SSSR count). The number of hydrogen-bond acceptors (Lipinski definition) is 3. The fraction of sp³-hybridized carbons (Fsp3) is 0.160. The van der Waals surface area contributed by atoms with E-state index in [-0.39, 0.29) is 5.91 Å². The maximum Gasteiger partial charge on any atom is 0.262 e. The highest BCUT2D eigenvalue weighted by atomic mass is 19.1. The minimum absolute atomic E-state index is 0.294. The lowest BCUT2D eigenvalue weighted by atomic mass is 9.86. The first kappa shape index (κ1) is 19.2. The van der Waals surface area contributed by atoms with Crippen LogP contribution in [0.2, 0.25) is 0 Å². The Kier molecular flexibility index (Phi) is 4.25. The molecule has 0 aromatic heterocycles. The molecule has 0 N–H and O–H groups in total. The van der Waals surface area contributed by atoms with Crippen molar-refractivity contribution in [3.05, 3.63) is 100 Å². The molecule has 0 radical (unpaired) electrons. The van der Waals surface area contributed by atoms with E-state index < -0.39 is 29.7 Å². The van der Waals surface area contributed by atoms with Crippen molar-refractivity contribution in [2.24, 2.45) is 0 Å². The number of amides is 3. The van der Waals surface area contributed by atoms with Gasteiger partial charge in [-0.15, -0.1) is 0 Å². The van der Waals surface area contributed by atoms with Crippen LogP contribution in [0.5, 0.6) is 0 Å². The molecule has 2 aliphatic heterocycles. The average Bonchev–Trinajstić information content (AvgIpc) is 2.98. The Bertz CT molecular complexity index is 1200. The van der Waals surface area contributed by atoms with E-state index in [1.165, 1.54) is 12.1 Å². The Labute approximate surface area is 178 Å². The number of carbonyl (C=O) groups excluding carboxylic acids is 3. The van der Waals surface area contributed by atoms with Gasteiger partial charge in [0.25, 0.3) is 17.7 Å². The lowest BCUT2D eigenvalue weighted by Gasteiger charge is -2.50. The number of nitrogens with zero attached hydrogens (tertiary/aromatic N) is 2. The molecule has 0 bridgehead atoms. The van der Waals surface area contributed by atoms with Crippen molar-refractivity contribution in [2.75, 3.05) is 4.90 Å². The van der Waals surface area contributed by atoms with Crippen molar-refractivity contribution in [3.63, 3.8) is 0 Å². The van der Waals surface area contributed by atoms with Gasteiger partial charge >= 0.3 is 0 Å². The number of β-lactam (4-membered cyclic amide) rings is 1. The molecule has 0 saturated carbocycles. The summed E-state index contributed by atoms with van der Waals surface area (Å²) in [7, 11) is 0. The molecule has 5 nitrogen and oxygen atoms in total. The van der Waals surface area contributed by atoms with Gasteiger partial charge in [-0.2, -0.15) is 0 Å². The summed E-state index contributed by atoms with van der Waals surface area (Å²) in [5.74, 6) is -1.70. The van der Waals surface area contributed by atoms with E-state index >= 15 is 0 Å². The van der Waals surface area contributed by atoms with E-state index in [0.717, 1.165) is 16.0 Å². The summed E-state index contributed by atoms with van der Waals surface area (Å²) in [6, 6.07) is 16.6. The largest absolute Gasteiger partial charge is 0.300 e. The van der Waals surface area contributed by atoms with Gasteiger partial charge in [-0.25, -0.2) is 4.39 Å². The normalized spacial score (nSPS) is 20.2. The van der Waals surface area contributed by atoms with Crippen LogP contribution < -0.4 is 4.90 Å². The smallest absolute Gasteiger partial charge is 0.262 e. The predicted octanol–water partition coefficient (Wildman–Crippen LogP) is 4.20. The fourth-order valence-electron chi connectivity index (χ4n) is 4.55. The number of rotatable bonds is 3. The summed E-state index contributed by atoms with van der Waals surface area (Å²) < 4.78 is 13.6. The average molecular weight is 414 g/mol. The topological polar surface area (TPSA) is 57.7 Å². The van der Waals surface area contributed by atoms with E-state index in [2.05, 4.69) is 0 Å². The number of aryl methyl sites for hydroxylation is 2. The van der Waals surface area contributed by atoms with Crippen LogP contribution in [-0.4, -0.2) is 28.7 Å². The van der Waals surface area contributed by atoms with Crippen LogP contribution in [-0.2, 0) is 4.79 Å². The van der Waals surface area contributed by atoms with Gasteiger partial charge in [0.1, 0.15) is 11.9 Å². The first-order valence-corrected chi connectivity index (χ1v) is 10.0. The molecule has 3 aromatic rings. The first-order chi connectivity index (χ1) is 14.9. The Hall–Kier alpha value is -3.80. The Morgan fingerprint density at radius 2 is 1.26 bits per heavy atom. The number of hydrogen-bond donors (Lipinski definition) is 0. The van der Waals surface area contributed by atoms with Gasteiger partial charge in [-0.1, -0.05) is 30.3 Å². The monoisotopic (exact) mass is 414 g/mol. The first-order valence-electron chi connectivity index (χ1n) is 10.0. The Morgan fingerprint density at radius 3 is 1.81 bits per heavy atom. The standard InChI is InChI=1S/C25H19FN2O3/c1-14-11-15(2)13-18(12-14)27-21(16-7-9-17(26)10-8-16)22(25(27)31)28-23(29)19-5-3-4-6-20(19)24(28)30/h3-13,21-22H,1-2H3. The maximum absolute atomic E-state index is 13.6. The minimum atomic E-state index is -0.987. The van der Waals surface area contributed by atoms with E-state index in [9.17, 15) is 18.8 Å². The second-order valence-corrected chi connectivity index (χ2v) is 8.02. The van der Waals surface area contributed by atoms with Gasteiger partial charge < -0.3 is 4.90 Å². The van der Waals surface area contributed by atoms with Crippen LogP contribution in [0.4, 0.5) is 10.1 Å². The Balaban J connectivity index is 1.61. The molecule has 2 aliphatic rings. The van der Waals surface area contributed by atoms with Crippen LogP contribution in [0.1, 0.15) is 43.4 Å². The molecule has 3 amide bonds. The van der Waals surface area contributed by atoms with Crippen molar-refractivity contribution in [3.8, 4) is 0 Å². The molecular weight excluding hydrogens is 395 g/mol. The van der Waals surface area contributed by atoms with Crippen LogP contribution >= 0.6 is 0 Å². The zero-order chi connectivity index (χ0) is 21.9. The van der Waals surface area contributed by atoms with Crippen molar-refractivity contribution < 1.29 is 18.8 Å². The summed E-state index contributed by atoms with van der Waals surface area (Å²) in [6.07, 6.45) is 0. The zero-order valence-electron chi connectivity index (χ0n) is 17.0. The van der Waals surface area contributed by atoms with Gasteiger partial charge in [-0.05, 0) is 66.9 Å². The second-order valence-electron chi connectivity index (χ2n) is 8.02. The molecule has 1 fully saturated rings. The lowest BCUT2D eigenvalue weighted by Crippen LogP contribution is -2.67. The number of fused-ring (bicyclic) bond motifs is 1. The molecule has 1 saturated heterocycles. The molecular formula is C25H19FN2O3. The lowest BCUT2D eigenvalue weighted by molar-refractivity contribution is -0.130. The van der Waals surface area contributed by atoms with Gasteiger partial charge in [0.05, 0.1) is 17.2 Å². The summed E-state index contributed by atoms with van der Waals surface area (Å²) in [6.45, 7) is 3.88. The molecule has 0 aliphatic carbocycles. The number of benzene rings is 3. The van der Waals surface area contributed by atoms with Gasteiger partial charge in [0.15, 0.2) is 0 Å². The highest BCUT2D eigenvalue weighted by Crippen LogP contribution is 2.44. The van der Waals surface area contributed by atoms with Crippen LogP contribution in [0.3, 0.4) is 0 Å². The molecule has 2 unspecified atom stereocenters. The molecule has 0 spiro atoms. The number of imide groups is 1. The maximum atomic E-state index is 13.6. The number of halogens is 1. The van der Waals surface area contributed by atoms with E-state index in [0.29, 0.717) is 22.4 Å². The quantitative estimate of drug-likeness (QED) is 0.477. The Morgan fingerprint density at radius 1 is 0.710 bits per heavy atom. The summed E-state index contributed by atoms with van der Waals surface area (Å²) in [5, 5.41) is 0. The molecule has 31 heavy (non-hydrogen) atoms. The molecule has 154 valence electrons. The highest BCUT2D eigenvalue weighted by molar-refractivity contribution is 6.24. The minimum Gasteiger partial charge on any atom is -0.300 e. The van der Waals surface area contributed by atoms with Crippen LogP contribution in [0.25, 0.3) is 0 Å². The predicted molar refractivity (Wildman–Crippen MR) is 113 cm³/mol. The van der Waals surface area contributed by atoms with Gasteiger partial charge in [0.2, 0.25) is 0 Å². The number of carbonyl (C=O) groups is 3. The molecule has 2 heterocycles. The SMILES string of the molecule is Cc1cc(C)cc(N2C(=O)C(N3C(=O)c4ccccc4C3=O)C2c2ccc(F)cc2)c1. The van der Waals surface area contributed by atoms with Crippen molar-refractivity contribution in [2.45, 2.75) is 25.9 Å². The highest BCUT2D eigenvalue weighted by Gasteiger charge is 2.57. The zero-order valence-corrected chi connectivity index (χ0v) is 17.0. The van der Waals surface area contributed by atoms with Gasteiger partial charge in [-0.3, -0.25) is 19.3 Å². The summed E-state index contributed by atoms with van der Waals surface area (Å²) in [5.41, 5.74) is 3.91. The van der Waals surface area contributed by atoms with Gasteiger partial charge in [0, 0.05) is 5.69 Å². The third-order valence-electron chi connectivity index (χ3n) is 5.87. The number of anilines is 1. The second kappa shape index (κ2) is 6.87. The van der Waals surface area contributed by atoms with E-state index in [4.69, 9.17) is 0 Å². The van der Waals surface area contributed by atoms with Crippen LogP contribution in [0, 0.1) is 19.7 Å². The van der Waals surface area contributed by atoms with E-state index in [1.54, 1.807) is 41.3 Å². The summed E-state index contributed by atoms with van der Waals surface area (Å²) in [4.78, 5) is 42.1. The van der Waals surface area contributed by atoms with E-state index in [1.807, 2.05) is 32.0 Å². The molecule has 2 atom stereocenters. The summed E-state index contributed by atoms with van der Waals surface area (Å²) >= 11 is 0. The third kappa shape index (κ3) is 2.86. The van der Waals surface area contributed by atoms with Crippen molar-refractivity contribution in [1.29, 1.82) is 0 Å². The fourth-order valence-corrected chi connectivity index (χ4v) is 4.55. The molecule has 3 aromatic carbocycles. The van der Waals surface area contributed by atoms with Crippen LogP contribution in [0.15, 0.2) is 66.7 Å². The molecule has 6 heteroatoms. The van der Waals surface area contributed by atoms with Crippen molar-refractivity contribution in [1.82, 2.24) is 4.90 Å². The van der Waals surface area contributed by atoms with Crippen molar-refractivity contribution >= 4 is 23.4 Å². The third-order valence-corrected chi connectivity index (χ3v) is 5.87.